The molecule has 0 aliphatic carbocycles. The fourth-order valence-corrected chi connectivity index (χ4v) is 2.06. The van der Waals surface area contributed by atoms with Crippen molar-refractivity contribution in [1.29, 1.82) is 0 Å². The SMILES string of the molecule is CC(C)CN(C)C(C)C(=O)Nc1cccc(C(N)=S)c1. The van der Waals surface area contributed by atoms with E-state index < -0.39 is 0 Å². The minimum absolute atomic E-state index is 0.0340. The molecule has 0 spiro atoms. The number of benzene rings is 1. The molecule has 4 nitrogen and oxygen atoms in total. The highest BCUT2D eigenvalue weighted by molar-refractivity contribution is 7.80. The molecule has 5 heteroatoms. The van der Waals surface area contributed by atoms with E-state index in [1.807, 2.05) is 37.1 Å². The van der Waals surface area contributed by atoms with Crippen LogP contribution in [0.2, 0.25) is 0 Å². The molecule has 1 rings (SSSR count). The second-order valence-corrected chi connectivity index (χ2v) is 5.88. The monoisotopic (exact) mass is 293 g/mol. The first-order chi connectivity index (χ1) is 9.31. The molecule has 0 saturated heterocycles. The topological polar surface area (TPSA) is 58.4 Å². The van der Waals surface area contributed by atoms with E-state index in [2.05, 4.69) is 19.2 Å². The molecular formula is C15H23N3OS. The Kier molecular flexibility index (Phi) is 6.10. The number of likely N-dealkylation sites (N-methyl/N-ethyl adjacent to an activating group) is 1. The zero-order valence-corrected chi connectivity index (χ0v) is 13.3. The maximum Gasteiger partial charge on any atom is 0.241 e. The molecule has 0 heterocycles. The molecule has 0 aliphatic rings. The van der Waals surface area contributed by atoms with Gasteiger partial charge in [0.1, 0.15) is 4.99 Å². The van der Waals surface area contributed by atoms with Crippen LogP contribution < -0.4 is 11.1 Å². The summed E-state index contributed by atoms with van der Waals surface area (Å²) in [4.78, 5) is 14.6. The molecular weight excluding hydrogens is 270 g/mol. The van der Waals surface area contributed by atoms with E-state index in [4.69, 9.17) is 18.0 Å². The first-order valence-electron chi connectivity index (χ1n) is 6.72. The molecule has 1 unspecified atom stereocenters. The molecule has 110 valence electrons. The number of nitrogens with one attached hydrogen (secondary N) is 1. The highest BCUT2D eigenvalue weighted by Crippen LogP contribution is 2.12. The van der Waals surface area contributed by atoms with Crippen molar-refractivity contribution < 1.29 is 4.79 Å². The highest BCUT2D eigenvalue weighted by Gasteiger charge is 2.18. The lowest BCUT2D eigenvalue weighted by Crippen LogP contribution is -2.41. The van der Waals surface area contributed by atoms with Crippen LogP contribution in [0.4, 0.5) is 5.69 Å². The van der Waals surface area contributed by atoms with Crippen molar-refractivity contribution >= 4 is 28.8 Å². The first kappa shape index (κ1) is 16.6. The molecule has 0 radical (unpaired) electrons. The summed E-state index contributed by atoms with van der Waals surface area (Å²) in [5.74, 6) is 0.487. The number of nitrogens with zero attached hydrogens (tertiary/aromatic N) is 1. The molecule has 0 fully saturated rings. The molecule has 0 bridgehead atoms. The molecule has 1 aromatic rings. The largest absolute Gasteiger partial charge is 0.389 e. The van der Waals surface area contributed by atoms with Gasteiger partial charge in [-0.1, -0.05) is 38.2 Å². The lowest BCUT2D eigenvalue weighted by molar-refractivity contribution is -0.120. The number of carbonyl (C=O) groups is 1. The Bertz CT molecular complexity index is 488. The Hall–Kier alpha value is -1.46. The second-order valence-electron chi connectivity index (χ2n) is 5.44. The van der Waals surface area contributed by atoms with E-state index >= 15 is 0 Å². The minimum Gasteiger partial charge on any atom is -0.389 e. The highest BCUT2D eigenvalue weighted by atomic mass is 32.1. The third kappa shape index (κ3) is 4.90. The lowest BCUT2D eigenvalue weighted by Gasteiger charge is -2.25. The lowest BCUT2D eigenvalue weighted by atomic mass is 10.1. The van der Waals surface area contributed by atoms with Crippen LogP contribution >= 0.6 is 12.2 Å². The van der Waals surface area contributed by atoms with Gasteiger partial charge in [0.05, 0.1) is 6.04 Å². The summed E-state index contributed by atoms with van der Waals surface area (Å²) in [5, 5.41) is 2.90. The van der Waals surface area contributed by atoms with Gasteiger partial charge in [-0.2, -0.15) is 0 Å². The van der Waals surface area contributed by atoms with E-state index in [9.17, 15) is 4.79 Å². The van der Waals surface area contributed by atoms with Crippen molar-refractivity contribution in [3.8, 4) is 0 Å². The van der Waals surface area contributed by atoms with Crippen LogP contribution in [0, 0.1) is 5.92 Å². The van der Waals surface area contributed by atoms with Crippen LogP contribution in [-0.2, 0) is 4.79 Å². The Morgan fingerprint density at radius 2 is 2.05 bits per heavy atom. The first-order valence-corrected chi connectivity index (χ1v) is 7.13. The van der Waals surface area contributed by atoms with E-state index in [0.717, 1.165) is 12.1 Å². The van der Waals surface area contributed by atoms with Crippen molar-refractivity contribution in [1.82, 2.24) is 4.90 Å². The summed E-state index contributed by atoms with van der Waals surface area (Å²) in [6.45, 7) is 7.04. The third-order valence-electron chi connectivity index (χ3n) is 3.11. The Morgan fingerprint density at radius 1 is 1.40 bits per heavy atom. The summed E-state index contributed by atoms with van der Waals surface area (Å²) in [6, 6.07) is 7.08. The summed E-state index contributed by atoms with van der Waals surface area (Å²) >= 11 is 4.93. The van der Waals surface area contributed by atoms with Gasteiger partial charge in [-0.15, -0.1) is 0 Å². The number of thiocarbonyl (C=S) groups is 1. The van der Waals surface area contributed by atoms with Crippen LogP contribution in [0.15, 0.2) is 24.3 Å². The Labute approximate surface area is 126 Å². The van der Waals surface area contributed by atoms with E-state index in [-0.39, 0.29) is 11.9 Å². The molecule has 20 heavy (non-hydrogen) atoms. The van der Waals surface area contributed by atoms with Crippen molar-refractivity contribution in [2.24, 2.45) is 11.7 Å². The molecule has 1 aromatic carbocycles. The van der Waals surface area contributed by atoms with E-state index in [1.165, 1.54) is 0 Å². The fraction of sp³-hybridized carbons (Fsp3) is 0.467. The van der Waals surface area contributed by atoms with E-state index in [0.29, 0.717) is 16.6 Å². The normalized spacial score (nSPS) is 12.5. The second kappa shape index (κ2) is 7.36. The predicted molar refractivity (Wildman–Crippen MR) is 87.9 cm³/mol. The summed E-state index contributed by atoms with van der Waals surface area (Å²) in [5.41, 5.74) is 7.05. The van der Waals surface area contributed by atoms with Crippen LogP contribution in [0.3, 0.4) is 0 Å². The number of hydrogen-bond acceptors (Lipinski definition) is 3. The van der Waals surface area contributed by atoms with Crippen molar-refractivity contribution in [3.63, 3.8) is 0 Å². The average molecular weight is 293 g/mol. The van der Waals surface area contributed by atoms with Crippen LogP contribution in [-0.4, -0.2) is 35.4 Å². The average Bonchev–Trinajstić information content (AvgIpc) is 2.37. The third-order valence-corrected chi connectivity index (χ3v) is 3.34. The molecule has 0 saturated carbocycles. The number of nitrogens with two attached hydrogens (primary N) is 1. The van der Waals surface area contributed by atoms with Gasteiger partial charge in [0, 0.05) is 17.8 Å². The van der Waals surface area contributed by atoms with Gasteiger partial charge in [0.2, 0.25) is 5.91 Å². The fourth-order valence-electron chi connectivity index (χ4n) is 1.93. The van der Waals surface area contributed by atoms with Gasteiger partial charge in [0.15, 0.2) is 0 Å². The number of hydrogen-bond donors (Lipinski definition) is 2. The van der Waals surface area contributed by atoms with Gasteiger partial charge in [0.25, 0.3) is 0 Å². The number of anilines is 1. The van der Waals surface area contributed by atoms with Gasteiger partial charge in [-0.25, -0.2) is 0 Å². The number of rotatable bonds is 6. The van der Waals surface area contributed by atoms with Crippen molar-refractivity contribution in [3.05, 3.63) is 29.8 Å². The smallest absolute Gasteiger partial charge is 0.241 e. The van der Waals surface area contributed by atoms with Crippen molar-refractivity contribution in [2.45, 2.75) is 26.8 Å². The number of carbonyl (C=O) groups excluding carboxylic acids is 1. The van der Waals surface area contributed by atoms with Gasteiger partial charge >= 0.3 is 0 Å². The minimum atomic E-state index is -0.189. The Morgan fingerprint density at radius 3 is 2.60 bits per heavy atom. The van der Waals surface area contributed by atoms with Crippen molar-refractivity contribution in [2.75, 3.05) is 18.9 Å². The van der Waals surface area contributed by atoms with Crippen LogP contribution in [0.1, 0.15) is 26.3 Å². The molecule has 3 N–H and O–H groups in total. The zero-order valence-electron chi connectivity index (χ0n) is 12.5. The van der Waals surface area contributed by atoms with Gasteiger partial charge in [-0.3, -0.25) is 9.69 Å². The molecule has 1 atom stereocenters. The van der Waals surface area contributed by atoms with Gasteiger partial charge < -0.3 is 11.1 Å². The maximum atomic E-state index is 12.2. The molecule has 0 aromatic heterocycles. The summed E-state index contributed by atoms with van der Waals surface area (Å²) in [7, 11) is 1.95. The predicted octanol–water partition coefficient (Wildman–Crippen LogP) is 2.24. The van der Waals surface area contributed by atoms with Gasteiger partial charge in [-0.05, 0) is 32.0 Å². The maximum absolute atomic E-state index is 12.2. The summed E-state index contributed by atoms with van der Waals surface area (Å²) in [6.07, 6.45) is 0. The van der Waals surface area contributed by atoms with Crippen LogP contribution in [0.5, 0.6) is 0 Å². The zero-order chi connectivity index (χ0) is 15.3. The summed E-state index contributed by atoms with van der Waals surface area (Å²) < 4.78 is 0. The van der Waals surface area contributed by atoms with E-state index in [1.54, 1.807) is 6.07 Å². The number of amides is 1. The Balaban J connectivity index is 2.70. The molecule has 0 aliphatic heterocycles. The quantitative estimate of drug-likeness (QED) is 0.790. The van der Waals surface area contributed by atoms with Crippen LogP contribution in [0.25, 0.3) is 0 Å². The molecule has 1 amide bonds. The standard InChI is InChI=1S/C15H23N3OS/c1-10(2)9-18(4)11(3)15(19)17-13-7-5-6-12(8-13)14(16)20/h5-8,10-11H,9H2,1-4H3,(H2,16,20)(H,17,19).